The zero-order valence-corrected chi connectivity index (χ0v) is 17.4. The van der Waals surface area contributed by atoms with E-state index in [2.05, 4.69) is 19.9 Å². The third-order valence-electron chi connectivity index (χ3n) is 4.64. The molecule has 146 valence electrons. The van der Waals surface area contributed by atoms with Crippen LogP contribution < -0.4 is 0 Å². The van der Waals surface area contributed by atoms with E-state index in [-0.39, 0.29) is 0 Å². The molecule has 0 aliphatic rings. The van der Waals surface area contributed by atoms with Gasteiger partial charge in [-0.15, -0.1) is 22.7 Å². The molecule has 0 radical (unpaired) electrons. The van der Waals surface area contributed by atoms with Crippen LogP contribution in [0, 0.1) is 0 Å². The second-order valence-corrected chi connectivity index (χ2v) is 8.83. The second kappa shape index (κ2) is 10.5. The predicted octanol–water partition coefficient (Wildman–Crippen LogP) is 8.74. The van der Waals surface area contributed by atoms with E-state index < -0.39 is 11.1 Å². The highest BCUT2D eigenvalue weighted by Crippen LogP contribution is 2.44. The SMILES string of the molecule is CCCCCCc1ccsc1-c1cc(CCCCCC)c(C(F)(F)F)s1. The highest BCUT2D eigenvalue weighted by molar-refractivity contribution is 7.21. The third-order valence-corrected chi connectivity index (χ3v) is 7.00. The molecule has 0 aromatic carbocycles. The number of rotatable bonds is 11. The molecule has 0 fully saturated rings. The molecule has 5 heteroatoms. The summed E-state index contributed by atoms with van der Waals surface area (Å²) in [6, 6.07) is 3.89. The number of thiophene rings is 2. The Labute approximate surface area is 163 Å². The average molecular weight is 403 g/mol. The first-order valence-corrected chi connectivity index (χ1v) is 11.4. The third kappa shape index (κ3) is 6.12. The molecule has 0 spiro atoms. The van der Waals surface area contributed by atoms with Gasteiger partial charge in [0.15, 0.2) is 0 Å². The number of halogens is 3. The standard InChI is InChI=1S/C21H29F3S2/c1-3-5-7-9-11-16-13-14-25-19(16)18-15-17(12-10-8-6-4-2)20(26-18)21(22,23)24/h13-15H,3-12H2,1-2H3. The molecule has 2 rings (SSSR count). The fourth-order valence-electron chi connectivity index (χ4n) is 3.20. The molecular formula is C21H29F3S2. The Morgan fingerprint density at radius 1 is 0.846 bits per heavy atom. The Kier molecular flexibility index (Phi) is 8.68. The van der Waals surface area contributed by atoms with Crippen molar-refractivity contribution in [2.45, 2.75) is 84.2 Å². The van der Waals surface area contributed by atoms with Gasteiger partial charge in [-0.3, -0.25) is 0 Å². The fourth-order valence-corrected chi connectivity index (χ4v) is 5.39. The zero-order chi connectivity index (χ0) is 19.0. The topological polar surface area (TPSA) is 0 Å². The van der Waals surface area contributed by atoms with Crippen LogP contribution >= 0.6 is 22.7 Å². The lowest BCUT2D eigenvalue weighted by molar-refractivity contribution is -0.134. The van der Waals surface area contributed by atoms with Crippen molar-refractivity contribution in [2.75, 3.05) is 0 Å². The van der Waals surface area contributed by atoms with Gasteiger partial charge in [-0.05, 0) is 54.3 Å². The van der Waals surface area contributed by atoms with E-state index in [1.165, 1.54) is 24.8 Å². The predicted molar refractivity (Wildman–Crippen MR) is 108 cm³/mol. The van der Waals surface area contributed by atoms with Crippen molar-refractivity contribution in [1.82, 2.24) is 0 Å². The molecule has 2 aromatic heterocycles. The Morgan fingerprint density at radius 3 is 2.04 bits per heavy atom. The molecular weight excluding hydrogens is 373 g/mol. The lowest BCUT2D eigenvalue weighted by Crippen LogP contribution is -2.05. The van der Waals surface area contributed by atoms with E-state index in [0.29, 0.717) is 12.0 Å². The molecule has 0 nitrogen and oxygen atoms in total. The van der Waals surface area contributed by atoms with E-state index in [1.54, 1.807) is 17.4 Å². The number of aryl methyl sites for hydroxylation is 2. The van der Waals surface area contributed by atoms with Crippen molar-refractivity contribution in [3.05, 3.63) is 33.5 Å². The van der Waals surface area contributed by atoms with Gasteiger partial charge in [0.05, 0.1) is 0 Å². The van der Waals surface area contributed by atoms with Crippen LogP contribution in [0.25, 0.3) is 9.75 Å². The van der Waals surface area contributed by atoms with E-state index >= 15 is 0 Å². The number of hydrogen-bond acceptors (Lipinski definition) is 2. The van der Waals surface area contributed by atoms with Gasteiger partial charge in [0, 0.05) is 9.75 Å². The van der Waals surface area contributed by atoms with Gasteiger partial charge in [-0.25, -0.2) is 0 Å². The van der Waals surface area contributed by atoms with Gasteiger partial charge in [-0.2, -0.15) is 13.2 Å². The minimum absolute atomic E-state index is 0.394. The van der Waals surface area contributed by atoms with Crippen LogP contribution in [-0.4, -0.2) is 0 Å². The summed E-state index contributed by atoms with van der Waals surface area (Å²) in [7, 11) is 0. The van der Waals surface area contributed by atoms with E-state index in [1.807, 2.05) is 5.38 Å². The molecule has 0 atom stereocenters. The summed E-state index contributed by atoms with van der Waals surface area (Å²) < 4.78 is 40.4. The van der Waals surface area contributed by atoms with Gasteiger partial charge in [0.2, 0.25) is 0 Å². The minimum Gasteiger partial charge on any atom is -0.165 e. The quantitative estimate of drug-likeness (QED) is 0.330. The Morgan fingerprint density at radius 2 is 1.46 bits per heavy atom. The molecule has 0 aliphatic carbocycles. The number of unbranched alkanes of at least 4 members (excludes halogenated alkanes) is 6. The molecule has 0 N–H and O–H groups in total. The maximum absolute atomic E-state index is 13.5. The van der Waals surface area contributed by atoms with Gasteiger partial charge in [0.1, 0.15) is 4.88 Å². The second-order valence-electron chi connectivity index (χ2n) is 6.86. The van der Waals surface area contributed by atoms with Crippen LogP contribution in [0.5, 0.6) is 0 Å². The summed E-state index contributed by atoms with van der Waals surface area (Å²) in [5.74, 6) is 0. The summed E-state index contributed by atoms with van der Waals surface area (Å²) in [5, 5.41) is 2.01. The molecule has 0 aliphatic heterocycles. The monoisotopic (exact) mass is 402 g/mol. The molecule has 0 bridgehead atoms. The van der Waals surface area contributed by atoms with E-state index in [4.69, 9.17) is 0 Å². The molecule has 0 unspecified atom stereocenters. The van der Waals surface area contributed by atoms with Crippen molar-refractivity contribution in [3.63, 3.8) is 0 Å². The average Bonchev–Trinajstić information content (AvgIpc) is 3.21. The zero-order valence-electron chi connectivity index (χ0n) is 15.8. The Hall–Kier alpha value is -0.810. The molecule has 0 saturated carbocycles. The molecule has 2 aromatic rings. The van der Waals surface area contributed by atoms with Crippen molar-refractivity contribution in [2.24, 2.45) is 0 Å². The normalized spacial score (nSPS) is 12.0. The molecule has 0 saturated heterocycles. The number of hydrogen-bond donors (Lipinski definition) is 0. The van der Waals surface area contributed by atoms with Crippen LogP contribution in [-0.2, 0) is 19.0 Å². The van der Waals surface area contributed by atoms with Crippen LogP contribution in [0.2, 0.25) is 0 Å². The van der Waals surface area contributed by atoms with Gasteiger partial charge >= 0.3 is 6.18 Å². The summed E-state index contributed by atoms with van der Waals surface area (Å²) in [5.41, 5.74) is 1.69. The van der Waals surface area contributed by atoms with Crippen LogP contribution in [0.15, 0.2) is 17.5 Å². The summed E-state index contributed by atoms with van der Waals surface area (Å²) >= 11 is 2.51. The van der Waals surface area contributed by atoms with Crippen molar-refractivity contribution < 1.29 is 13.2 Å². The summed E-state index contributed by atoms with van der Waals surface area (Å²) in [4.78, 5) is 1.44. The molecule has 0 amide bonds. The van der Waals surface area contributed by atoms with Gasteiger partial charge in [0.25, 0.3) is 0 Å². The van der Waals surface area contributed by atoms with Crippen LogP contribution in [0.1, 0.15) is 81.2 Å². The highest BCUT2D eigenvalue weighted by Gasteiger charge is 2.36. The first-order valence-electron chi connectivity index (χ1n) is 9.74. The first kappa shape index (κ1) is 21.5. The van der Waals surface area contributed by atoms with Gasteiger partial charge in [-0.1, -0.05) is 52.4 Å². The van der Waals surface area contributed by atoms with E-state index in [9.17, 15) is 13.2 Å². The van der Waals surface area contributed by atoms with Crippen molar-refractivity contribution in [3.8, 4) is 9.75 Å². The van der Waals surface area contributed by atoms with Gasteiger partial charge < -0.3 is 0 Å². The van der Waals surface area contributed by atoms with Crippen LogP contribution in [0.4, 0.5) is 13.2 Å². The van der Waals surface area contributed by atoms with Crippen LogP contribution in [0.3, 0.4) is 0 Å². The Balaban J connectivity index is 2.16. The molecule has 26 heavy (non-hydrogen) atoms. The highest BCUT2D eigenvalue weighted by atomic mass is 32.1. The summed E-state index contributed by atoms with van der Waals surface area (Å²) in [6.07, 6.45) is 5.97. The maximum atomic E-state index is 13.5. The molecule has 2 heterocycles. The van der Waals surface area contributed by atoms with E-state index in [0.717, 1.165) is 59.6 Å². The number of alkyl halides is 3. The fraction of sp³-hybridized carbons (Fsp3) is 0.619. The van der Waals surface area contributed by atoms with Crippen molar-refractivity contribution in [1.29, 1.82) is 0 Å². The lowest BCUT2D eigenvalue weighted by Gasteiger charge is -2.07. The summed E-state index contributed by atoms with van der Waals surface area (Å²) in [6.45, 7) is 4.30. The maximum Gasteiger partial charge on any atom is 0.425 e. The minimum atomic E-state index is -4.25. The first-order chi connectivity index (χ1) is 12.5. The lowest BCUT2D eigenvalue weighted by atomic mass is 10.0. The Bertz CT molecular complexity index is 653. The largest absolute Gasteiger partial charge is 0.425 e. The van der Waals surface area contributed by atoms with Crippen molar-refractivity contribution >= 4 is 22.7 Å². The smallest absolute Gasteiger partial charge is 0.165 e.